The van der Waals surface area contributed by atoms with E-state index in [0.717, 1.165) is 51.7 Å². The van der Waals surface area contributed by atoms with Crippen molar-refractivity contribution in [2.24, 2.45) is 16.5 Å². The molecule has 3 saturated heterocycles. The molecular weight excluding hydrogens is 429 g/mol. The molecule has 4 rings (SSSR count). The van der Waals surface area contributed by atoms with Crippen LogP contribution in [-0.2, 0) is 16.1 Å². The largest absolute Gasteiger partial charge is 0.443 e. The number of ether oxygens (including phenoxy) is 1. The maximum atomic E-state index is 15.0. The van der Waals surface area contributed by atoms with Gasteiger partial charge in [-0.15, -0.1) is 4.99 Å². The van der Waals surface area contributed by atoms with Crippen molar-refractivity contribution in [2.75, 3.05) is 37.6 Å². The molecule has 1 aromatic heterocycles. The van der Waals surface area contributed by atoms with Gasteiger partial charge >= 0.3 is 6.09 Å². The van der Waals surface area contributed by atoms with Crippen LogP contribution in [0.15, 0.2) is 17.3 Å². The number of carbonyl (C=O) groups excluding carboxylic acids is 2. The number of anilines is 1. The molecule has 0 spiro atoms. The van der Waals surface area contributed by atoms with Crippen molar-refractivity contribution in [3.63, 3.8) is 0 Å². The molecule has 3 aliphatic heterocycles. The Labute approximate surface area is 192 Å². The van der Waals surface area contributed by atoms with Crippen molar-refractivity contribution in [2.45, 2.75) is 57.2 Å². The third-order valence-electron chi connectivity index (χ3n) is 6.85. The molecule has 33 heavy (non-hydrogen) atoms. The number of likely N-dealkylation sites (tertiary alicyclic amines) is 2. The van der Waals surface area contributed by atoms with Crippen LogP contribution in [0.25, 0.3) is 0 Å². The van der Waals surface area contributed by atoms with Crippen molar-refractivity contribution >= 4 is 23.8 Å². The molecule has 10 nitrogen and oxygen atoms in total. The minimum Gasteiger partial charge on any atom is -0.443 e. The van der Waals surface area contributed by atoms with E-state index in [1.807, 2.05) is 4.90 Å². The quantitative estimate of drug-likeness (QED) is 0.494. The van der Waals surface area contributed by atoms with E-state index in [1.165, 1.54) is 12.3 Å². The molecule has 4 N–H and O–H groups in total. The second-order valence-corrected chi connectivity index (χ2v) is 8.87. The highest BCUT2D eigenvalue weighted by molar-refractivity contribution is 5.87. The Morgan fingerprint density at radius 2 is 1.82 bits per heavy atom. The molecule has 2 amide bonds. The molecule has 0 bridgehead atoms. The summed E-state index contributed by atoms with van der Waals surface area (Å²) in [4.78, 5) is 37.5. The number of carbonyl (C=O) groups is 2. The first kappa shape index (κ1) is 23.2. The van der Waals surface area contributed by atoms with E-state index in [0.29, 0.717) is 37.5 Å². The predicted molar refractivity (Wildman–Crippen MR) is 121 cm³/mol. The Morgan fingerprint density at radius 1 is 1.12 bits per heavy atom. The Bertz CT molecular complexity index is 892. The fourth-order valence-electron chi connectivity index (χ4n) is 5.14. The molecule has 4 heterocycles. The first-order valence-corrected chi connectivity index (χ1v) is 11.6. The summed E-state index contributed by atoms with van der Waals surface area (Å²) in [6.45, 7) is 4.05. The lowest BCUT2D eigenvalue weighted by atomic mass is 9.97. The summed E-state index contributed by atoms with van der Waals surface area (Å²) in [6, 6.07) is 2.32. The maximum absolute atomic E-state index is 15.0. The van der Waals surface area contributed by atoms with Gasteiger partial charge in [-0.3, -0.25) is 4.79 Å². The summed E-state index contributed by atoms with van der Waals surface area (Å²) in [5.41, 5.74) is 10.5. The fraction of sp³-hybridized carbons (Fsp3) is 0.636. The third-order valence-corrected chi connectivity index (χ3v) is 6.85. The number of piperidine rings is 2. The lowest BCUT2D eigenvalue weighted by Crippen LogP contribution is -2.51. The van der Waals surface area contributed by atoms with Gasteiger partial charge < -0.3 is 30.9 Å². The van der Waals surface area contributed by atoms with Crippen LogP contribution in [0.4, 0.5) is 15.0 Å². The van der Waals surface area contributed by atoms with Crippen LogP contribution < -0.4 is 16.4 Å². The highest BCUT2D eigenvalue weighted by Gasteiger charge is 2.34. The molecule has 0 unspecified atom stereocenters. The summed E-state index contributed by atoms with van der Waals surface area (Å²) in [5, 5.41) is 0. The standard InChI is InChI=1S/C22H32FN7O3/c23-19-15(14-33-22(32)27-21(24)25)3-8-26-20(19)29-12-4-16(5-13-29)28-10-6-17(7-11-28)30-9-1-2-18(30)31/h3,8,16-17H,1-2,4-7,9-14H2,(H4,24,25,27,32). The molecule has 0 atom stereocenters. The molecule has 3 aliphatic rings. The molecule has 0 saturated carbocycles. The van der Waals surface area contributed by atoms with Gasteiger partial charge in [0.05, 0.1) is 0 Å². The molecular formula is C22H32FN7O3. The third kappa shape index (κ3) is 5.52. The van der Waals surface area contributed by atoms with Crippen molar-refractivity contribution in [3.05, 3.63) is 23.6 Å². The second-order valence-electron chi connectivity index (χ2n) is 8.87. The van der Waals surface area contributed by atoms with E-state index in [2.05, 4.69) is 19.8 Å². The Hall–Kier alpha value is -2.95. The summed E-state index contributed by atoms with van der Waals surface area (Å²) in [5.74, 6) is -0.323. The van der Waals surface area contributed by atoms with Crippen LogP contribution in [0.3, 0.4) is 0 Å². The number of nitrogens with zero attached hydrogens (tertiary/aromatic N) is 5. The highest BCUT2D eigenvalue weighted by Crippen LogP contribution is 2.28. The molecule has 0 radical (unpaired) electrons. The van der Waals surface area contributed by atoms with Gasteiger partial charge in [-0.2, -0.15) is 0 Å². The van der Waals surface area contributed by atoms with Crippen LogP contribution in [0.5, 0.6) is 0 Å². The number of guanidine groups is 1. The summed E-state index contributed by atoms with van der Waals surface area (Å²) < 4.78 is 19.9. The molecule has 11 heteroatoms. The van der Waals surface area contributed by atoms with Crippen LogP contribution >= 0.6 is 0 Å². The van der Waals surface area contributed by atoms with E-state index >= 15 is 4.39 Å². The van der Waals surface area contributed by atoms with Gasteiger partial charge in [-0.05, 0) is 38.2 Å². The number of hydrogen-bond donors (Lipinski definition) is 2. The minimum absolute atomic E-state index is 0.222. The normalized spacial score (nSPS) is 20.8. The number of aromatic nitrogens is 1. The van der Waals surface area contributed by atoms with Gasteiger partial charge in [0.25, 0.3) is 0 Å². The molecule has 1 aromatic rings. The number of aliphatic imine (C=N–C) groups is 1. The number of nitrogens with two attached hydrogens (primary N) is 2. The SMILES string of the molecule is NC(N)=NC(=O)OCc1ccnc(N2CCC(N3CCC(N4CCCC4=O)CC3)CC2)c1F. The van der Waals surface area contributed by atoms with Crippen molar-refractivity contribution in [1.29, 1.82) is 0 Å². The molecule has 3 fully saturated rings. The summed E-state index contributed by atoms with van der Waals surface area (Å²) in [7, 11) is 0. The van der Waals surface area contributed by atoms with Gasteiger partial charge in [0.2, 0.25) is 5.91 Å². The zero-order valence-electron chi connectivity index (χ0n) is 18.8. The second kappa shape index (κ2) is 10.3. The molecule has 0 aliphatic carbocycles. The highest BCUT2D eigenvalue weighted by atomic mass is 19.1. The van der Waals surface area contributed by atoms with Crippen molar-refractivity contribution < 1.29 is 18.7 Å². The Kier molecular flexibility index (Phi) is 7.26. The maximum Gasteiger partial charge on any atom is 0.437 e. The van der Waals surface area contributed by atoms with Gasteiger partial charge in [0.15, 0.2) is 17.6 Å². The fourth-order valence-corrected chi connectivity index (χ4v) is 5.14. The molecule has 180 valence electrons. The van der Waals surface area contributed by atoms with Gasteiger partial charge in [0, 0.05) is 63.0 Å². The van der Waals surface area contributed by atoms with Gasteiger partial charge in [-0.1, -0.05) is 0 Å². The van der Waals surface area contributed by atoms with Crippen molar-refractivity contribution in [1.82, 2.24) is 14.8 Å². The van der Waals surface area contributed by atoms with E-state index in [4.69, 9.17) is 16.2 Å². The number of halogens is 1. The number of rotatable bonds is 5. The summed E-state index contributed by atoms with van der Waals surface area (Å²) in [6.07, 6.45) is 6.15. The van der Waals surface area contributed by atoms with E-state index < -0.39 is 17.9 Å². The minimum atomic E-state index is -0.966. The van der Waals surface area contributed by atoms with Crippen LogP contribution in [0.1, 0.15) is 44.1 Å². The zero-order chi connectivity index (χ0) is 23.4. The van der Waals surface area contributed by atoms with Gasteiger partial charge in [-0.25, -0.2) is 14.2 Å². The topological polar surface area (TPSA) is 130 Å². The average Bonchev–Trinajstić information content (AvgIpc) is 3.24. The lowest BCUT2D eigenvalue weighted by molar-refractivity contribution is -0.130. The van der Waals surface area contributed by atoms with Gasteiger partial charge in [0.1, 0.15) is 6.61 Å². The molecule has 0 aromatic carbocycles. The van der Waals surface area contributed by atoms with E-state index in [9.17, 15) is 9.59 Å². The van der Waals surface area contributed by atoms with Crippen molar-refractivity contribution in [3.8, 4) is 0 Å². The number of amides is 2. The number of hydrogen-bond acceptors (Lipinski definition) is 6. The average molecular weight is 462 g/mol. The predicted octanol–water partition coefficient (Wildman–Crippen LogP) is 1.19. The first-order chi connectivity index (χ1) is 15.9. The van der Waals surface area contributed by atoms with E-state index in [1.54, 1.807) is 0 Å². The monoisotopic (exact) mass is 461 g/mol. The van der Waals surface area contributed by atoms with Crippen LogP contribution in [0, 0.1) is 5.82 Å². The Balaban J connectivity index is 1.28. The smallest absolute Gasteiger partial charge is 0.437 e. The zero-order valence-corrected chi connectivity index (χ0v) is 18.8. The number of pyridine rings is 1. The van der Waals surface area contributed by atoms with Crippen LogP contribution in [0.2, 0.25) is 0 Å². The van der Waals surface area contributed by atoms with E-state index in [-0.39, 0.29) is 18.0 Å². The first-order valence-electron chi connectivity index (χ1n) is 11.6. The summed E-state index contributed by atoms with van der Waals surface area (Å²) >= 11 is 0. The van der Waals surface area contributed by atoms with Crippen LogP contribution in [-0.4, -0.2) is 77.6 Å². The lowest BCUT2D eigenvalue weighted by Gasteiger charge is -2.43. The Morgan fingerprint density at radius 3 is 2.45 bits per heavy atom.